The van der Waals surface area contributed by atoms with Crippen LogP contribution in [0.25, 0.3) is 0 Å². The van der Waals surface area contributed by atoms with Crippen molar-refractivity contribution >= 4 is 5.69 Å². The Hall–Kier alpha value is -1.09. The normalized spacial score (nSPS) is 25.8. The zero-order valence-electron chi connectivity index (χ0n) is 10.8. The van der Waals surface area contributed by atoms with E-state index in [2.05, 4.69) is 5.32 Å². The van der Waals surface area contributed by atoms with Crippen LogP contribution in [0.4, 0.5) is 10.1 Å². The first-order valence-electron chi connectivity index (χ1n) is 6.84. The Bertz CT molecular complexity index is 442. The summed E-state index contributed by atoms with van der Waals surface area (Å²) in [5, 5.41) is 3.36. The third kappa shape index (κ3) is 2.24. The van der Waals surface area contributed by atoms with Gasteiger partial charge in [0.15, 0.2) is 0 Å². The lowest BCUT2D eigenvalue weighted by atomic mass is 9.74. The van der Waals surface area contributed by atoms with Gasteiger partial charge in [-0.2, -0.15) is 0 Å². The van der Waals surface area contributed by atoms with Crippen molar-refractivity contribution in [2.45, 2.75) is 50.7 Å². The van der Waals surface area contributed by atoms with Gasteiger partial charge in [-0.3, -0.25) is 0 Å². The minimum atomic E-state index is -0.158. The van der Waals surface area contributed by atoms with Gasteiger partial charge in [0.1, 0.15) is 5.82 Å². The second-order valence-electron chi connectivity index (χ2n) is 5.70. The summed E-state index contributed by atoms with van der Waals surface area (Å²) in [6.07, 6.45) is 5.59. The van der Waals surface area contributed by atoms with Gasteiger partial charge in [0, 0.05) is 12.6 Å². The Morgan fingerprint density at radius 1 is 1.39 bits per heavy atom. The molecule has 1 aromatic carbocycles. The third-order valence-corrected chi connectivity index (χ3v) is 4.24. The summed E-state index contributed by atoms with van der Waals surface area (Å²) in [6, 6.07) is 5.57. The van der Waals surface area contributed by atoms with E-state index in [0.29, 0.717) is 11.7 Å². The summed E-state index contributed by atoms with van der Waals surface area (Å²) in [5.74, 6) is -0.158. The minimum Gasteiger partial charge on any atom is -0.380 e. The van der Waals surface area contributed by atoms with E-state index in [4.69, 9.17) is 4.74 Å². The predicted octanol–water partition coefficient (Wildman–Crippen LogP) is 3.65. The van der Waals surface area contributed by atoms with E-state index >= 15 is 0 Å². The topological polar surface area (TPSA) is 21.3 Å². The van der Waals surface area contributed by atoms with Gasteiger partial charge in [-0.05, 0) is 56.7 Å². The molecule has 0 bridgehead atoms. The molecule has 1 aromatic rings. The van der Waals surface area contributed by atoms with Gasteiger partial charge in [0.05, 0.1) is 11.3 Å². The number of benzene rings is 1. The molecule has 2 fully saturated rings. The van der Waals surface area contributed by atoms with Crippen LogP contribution in [0.1, 0.15) is 37.7 Å². The molecule has 1 aliphatic heterocycles. The molecule has 1 unspecified atom stereocenters. The lowest BCUT2D eigenvalue weighted by Gasteiger charge is -2.47. The highest BCUT2D eigenvalue weighted by atomic mass is 19.1. The molecule has 2 aliphatic rings. The highest BCUT2D eigenvalue weighted by Crippen LogP contribution is 2.42. The van der Waals surface area contributed by atoms with Crippen LogP contribution in [0.15, 0.2) is 18.2 Å². The molecule has 1 N–H and O–H groups in total. The van der Waals surface area contributed by atoms with Crippen LogP contribution in [0.3, 0.4) is 0 Å². The monoisotopic (exact) mass is 249 g/mol. The van der Waals surface area contributed by atoms with E-state index in [0.717, 1.165) is 25.0 Å². The number of aryl methyl sites for hydroxylation is 1. The van der Waals surface area contributed by atoms with Gasteiger partial charge in [-0.1, -0.05) is 6.07 Å². The molecule has 1 spiro atoms. The van der Waals surface area contributed by atoms with Crippen LogP contribution in [0.2, 0.25) is 0 Å². The third-order valence-electron chi connectivity index (χ3n) is 4.24. The molecule has 1 heterocycles. The van der Waals surface area contributed by atoms with Crippen molar-refractivity contribution in [2.75, 3.05) is 11.9 Å². The minimum absolute atomic E-state index is 0.107. The highest BCUT2D eigenvalue weighted by molar-refractivity contribution is 5.48. The lowest BCUT2D eigenvalue weighted by Crippen LogP contribution is -2.49. The molecule has 1 saturated heterocycles. The first kappa shape index (κ1) is 12.0. The fraction of sp³-hybridized carbons (Fsp3) is 0.600. The molecule has 1 aliphatic carbocycles. The number of halogens is 1. The van der Waals surface area contributed by atoms with E-state index < -0.39 is 0 Å². The predicted molar refractivity (Wildman–Crippen MR) is 70.3 cm³/mol. The van der Waals surface area contributed by atoms with Crippen LogP contribution < -0.4 is 5.32 Å². The number of rotatable bonds is 2. The zero-order valence-corrected chi connectivity index (χ0v) is 10.8. The summed E-state index contributed by atoms with van der Waals surface area (Å²) in [4.78, 5) is 0. The standard InChI is InChI=1S/C15H20FNO/c1-11-3-4-13(16)14(9-11)17-12-5-8-18-15(10-12)6-2-7-15/h3-4,9,12,17H,2,5-8,10H2,1H3. The van der Waals surface area contributed by atoms with Crippen LogP contribution in [-0.2, 0) is 4.74 Å². The van der Waals surface area contributed by atoms with E-state index in [1.165, 1.54) is 25.3 Å². The Labute approximate surface area is 108 Å². The average Bonchev–Trinajstić information content (AvgIpc) is 2.32. The number of hydrogen-bond donors (Lipinski definition) is 1. The molecule has 3 heteroatoms. The van der Waals surface area contributed by atoms with Crippen LogP contribution in [-0.4, -0.2) is 18.2 Å². The molecule has 3 rings (SSSR count). The number of nitrogens with one attached hydrogen (secondary N) is 1. The average molecular weight is 249 g/mol. The van der Waals surface area contributed by atoms with Crippen molar-refractivity contribution in [2.24, 2.45) is 0 Å². The first-order valence-corrected chi connectivity index (χ1v) is 6.84. The van der Waals surface area contributed by atoms with Gasteiger partial charge in [-0.15, -0.1) is 0 Å². The summed E-state index contributed by atoms with van der Waals surface area (Å²) < 4.78 is 19.6. The second kappa shape index (κ2) is 4.54. The molecule has 1 saturated carbocycles. The number of ether oxygens (including phenoxy) is 1. The van der Waals surface area contributed by atoms with Crippen molar-refractivity contribution < 1.29 is 9.13 Å². The van der Waals surface area contributed by atoms with Gasteiger partial charge in [0.2, 0.25) is 0 Å². The fourth-order valence-electron chi connectivity index (χ4n) is 3.04. The Balaban J connectivity index is 1.70. The molecule has 0 aromatic heterocycles. The van der Waals surface area contributed by atoms with Crippen LogP contribution in [0.5, 0.6) is 0 Å². The van der Waals surface area contributed by atoms with E-state index in [-0.39, 0.29) is 11.4 Å². The maximum absolute atomic E-state index is 13.7. The van der Waals surface area contributed by atoms with E-state index in [1.807, 2.05) is 13.0 Å². The first-order chi connectivity index (χ1) is 8.67. The van der Waals surface area contributed by atoms with Gasteiger partial charge >= 0.3 is 0 Å². The zero-order chi connectivity index (χ0) is 12.6. The SMILES string of the molecule is Cc1ccc(F)c(NC2CCOC3(CCC3)C2)c1. The maximum atomic E-state index is 13.7. The molecule has 0 radical (unpaired) electrons. The van der Waals surface area contributed by atoms with E-state index in [9.17, 15) is 4.39 Å². The molecule has 0 amide bonds. The number of anilines is 1. The maximum Gasteiger partial charge on any atom is 0.146 e. The van der Waals surface area contributed by atoms with Gasteiger partial charge in [0.25, 0.3) is 0 Å². The summed E-state index contributed by atoms with van der Waals surface area (Å²) in [6.45, 7) is 2.78. The Morgan fingerprint density at radius 3 is 2.94 bits per heavy atom. The Morgan fingerprint density at radius 2 is 2.22 bits per heavy atom. The summed E-state index contributed by atoms with van der Waals surface area (Å²) in [7, 11) is 0. The highest BCUT2D eigenvalue weighted by Gasteiger charge is 2.42. The van der Waals surface area contributed by atoms with E-state index in [1.54, 1.807) is 6.07 Å². The van der Waals surface area contributed by atoms with Crippen LogP contribution in [0, 0.1) is 12.7 Å². The Kier molecular flexibility index (Phi) is 3.02. The molecular weight excluding hydrogens is 229 g/mol. The molecular formula is C15H20FNO. The molecule has 1 atom stereocenters. The largest absolute Gasteiger partial charge is 0.380 e. The quantitative estimate of drug-likeness (QED) is 0.864. The lowest BCUT2D eigenvalue weighted by molar-refractivity contribution is -0.130. The van der Waals surface area contributed by atoms with Gasteiger partial charge < -0.3 is 10.1 Å². The fourth-order valence-corrected chi connectivity index (χ4v) is 3.04. The van der Waals surface area contributed by atoms with Crippen molar-refractivity contribution in [3.8, 4) is 0 Å². The smallest absolute Gasteiger partial charge is 0.146 e. The molecule has 98 valence electrons. The van der Waals surface area contributed by atoms with Crippen molar-refractivity contribution in [3.63, 3.8) is 0 Å². The summed E-state index contributed by atoms with van der Waals surface area (Å²) in [5.41, 5.74) is 1.83. The number of hydrogen-bond acceptors (Lipinski definition) is 2. The van der Waals surface area contributed by atoms with Crippen molar-refractivity contribution in [3.05, 3.63) is 29.6 Å². The molecule has 18 heavy (non-hydrogen) atoms. The van der Waals surface area contributed by atoms with Gasteiger partial charge in [-0.25, -0.2) is 4.39 Å². The van der Waals surface area contributed by atoms with Crippen LogP contribution >= 0.6 is 0 Å². The second-order valence-corrected chi connectivity index (χ2v) is 5.70. The van der Waals surface area contributed by atoms with Crippen molar-refractivity contribution in [1.29, 1.82) is 0 Å². The molecule has 2 nitrogen and oxygen atoms in total. The summed E-state index contributed by atoms with van der Waals surface area (Å²) >= 11 is 0. The van der Waals surface area contributed by atoms with Crippen molar-refractivity contribution in [1.82, 2.24) is 0 Å².